The van der Waals surface area contributed by atoms with Crippen molar-refractivity contribution in [1.29, 1.82) is 0 Å². The van der Waals surface area contributed by atoms with Crippen LogP contribution in [0.3, 0.4) is 0 Å². The summed E-state index contributed by atoms with van der Waals surface area (Å²) in [6.07, 6.45) is 0. The van der Waals surface area contributed by atoms with Gasteiger partial charge in [-0.2, -0.15) is 0 Å². The first kappa shape index (κ1) is 13.1. The Morgan fingerprint density at radius 1 is 1.25 bits per heavy atom. The lowest BCUT2D eigenvalue weighted by Gasteiger charge is -2.28. The molecule has 0 bridgehead atoms. The summed E-state index contributed by atoms with van der Waals surface area (Å²) < 4.78 is 26.0. The second-order valence-corrected chi connectivity index (χ2v) is 5.20. The predicted octanol–water partition coefficient (Wildman–Crippen LogP) is 3.49. The molecular formula is C13H19F2N. The standard InChI is InChI=1S/C13H19F2N/c1-9(13(2,3)4)16-8-10-5-6-11(14)7-12(10)15/h5-7,9,16H,8H2,1-4H3. The molecule has 0 saturated heterocycles. The van der Waals surface area contributed by atoms with Crippen molar-refractivity contribution >= 4 is 0 Å². The highest BCUT2D eigenvalue weighted by Gasteiger charge is 2.19. The van der Waals surface area contributed by atoms with Gasteiger partial charge in [0.05, 0.1) is 0 Å². The molecule has 3 heteroatoms. The van der Waals surface area contributed by atoms with Gasteiger partial charge in [-0.15, -0.1) is 0 Å². The first-order valence-corrected chi connectivity index (χ1v) is 5.48. The van der Waals surface area contributed by atoms with Crippen LogP contribution in [0, 0.1) is 17.0 Å². The molecule has 0 aliphatic heterocycles. The summed E-state index contributed by atoms with van der Waals surface area (Å²) in [5.74, 6) is -1.03. The molecule has 1 unspecified atom stereocenters. The Kier molecular flexibility index (Phi) is 4.03. The highest BCUT2D eigenvalue weighted by atomic mass is 19.1. The van der Waals surface area contributed by atoms with Crippen LogP contribution in [0.1, 0.15) is 33.3 Å². The Bertz CT molecular complexity index is 355. The molecule has 16 heavy (non-hydrogen) atoms. The molecule has 1 nitrogen and oxygen atoms in total. The molecular weight excluding hydrogens is 208 g/mol. The normalized spacial score (nSPS) is 13.9. The summed E-state index contributed by atoms with van der Waals surface area (Å²) in [6, 6.07) is 3.94. The monoisotopic (exact) mass is 227 g/mol. The maximum atomic E-state index is 13.3. The fourth-order valence-electron chi connectivity index (χ4n) is 1.23. The topological polar surface area (TPSA) is 12.0 Å². The summed E-state index contributed by atoms with van der Waals surface area (Å²) in [5.41, 5.74) is 0.619. The van der Waals surface area contributed by atoms with Crippen LogP contribution in [-0.2, 0) is 6.54 Å². The number of hydrogen-bond acceptors (Lipinski definition) is 1. The Morgan fingerprint density at radius 3 is 2.38 bits per heavy atom. The van der Waals surface area contributed by atoms with Gasteiger partial charge in [0, 0.05) is 24.2 Å². The largest absolute Gasteiger partial charge is 0.310 e. The van der Waals surface area contributed by atoms with E-state index < -0.39 is 11.6 Å². The molecule has 0 aromatic heterocycles. The molecule has 0 spiro atoms. The third kappa shape index (κ3) is 3.56. The van der Waals surface area contributed by atoms with Crippen molar-refractivity contribution in [2.24, 2.45) is 5.41 Å². The van der Waals surface area contributed by atoms with Crippen LogP contribution in [0.25, 0.3) is 0 Å². The minimum absolute atomic E-state index is 0.122. The summed E-state index contributed by atoms with van der Waals surface area (Å²) in [7, 11) is 0. The molecule has 0 amide bonds. The van der Waals surface area contributed by atoms with E-state index in [9.17, 15) is 8.78 Å². The van der Waals surface area contributed by atoms with Crippen molar-refractivity contribution in [1.82, 2.24) is 5.32 Å². The van der Waals surface area contributed by atoms with Gasteiger partial charge in [-0.1, -0.05) is 26.8 Å². The molecule has 1 aromatic carbocycles. The first-order chi connectivity index (χ1) is 7.30. The van der Waals surface area contributed by atoms with Gasteiger partial charge in [-0.3, -0.25) is 0 Å². The summed E-state index contributed by atoms with van der Waals surface area (Å²) in [5, 5.41) is 3.24. The highest BCUT2D eigenvalue weighted by molar-refractivity contribution is 5.18. The fourth-order valence-corrected chi connectivity index (χ4v) is 1.23. The van der Waals surface area contributed by atoms with Crippen molar-refractivity contribution in [2.75, 3.05) is 0 Å². The zero-order chi connectivity index (χ0) is 12.3. The van der Waals surface area contributed by atoms with Crippen LogP contribution >= 0.6 is 0 Å². The fraction of sp³-hybridized carbons (Fsp3) is 0.538. The molecule has 0 aliphatic carbocycles. The average molecular weight is 227 g/mol. The van der Waals surface area contributed by atoms with Gasteiger partial charge in [-0.05, 0) is 18.4 Å². The minimum Gasteiger partial charge on any atom is -0.310 e. The quantitative estimate of drug-likeness (QED) is 0.833. The smallest absolute Gasteiger partial charge is 0.130 e. The van der Waals surface area contributed by atoms with E-state index in [0.717, 1.165) is 6.07 Å². The van der Waals surface area contributed by atoms with Crippen LogP contribution in [0.15, 0.2) is 18.2 Å². The zero-order valence-corrected chi connectivity index (χ0v) is 10.3. The van der Waals surface area contributed by atoms with Crippen molar-refractivity contribution in [3.8, 4) is 0 Å². The molecule has 0 fully saturated rings. The lowest BCUT2D eigenvalue weighted by atomic mass is 9.88. The van der Waals surface area contributed by atoms with Crippen LogP contribution in [-0.4, -0.2) is 6.04 Å². The van der Waals surface area contributed by atoms with Crippen LogP contribution in [0.4, 0.5) is 8.78 Å². The Labute approximate surface area is 95.9 Å². The van der Waals surface area contributed by atoms with Crippen LogP contribution < -0.4 is 5.32 Å². The minimum atomic E-state index is -0.537. The number of nitrogens with one attached hydrogen (secondary N) is 1. The molecule has 90 valence electrons. The number of halogens is 2. The van der Waals surface area contributed by atoms with E-state index in [1.54, 1.807) is 0 Å². The van der Waals surface area contributed by atoms with Gasteiger partial charge < -0.3 is 5.32 Å². The maximum Gasteiger partial charge on any atom is 0.130 e. The second-order valence-electron chi connectivity index (χ2n) is 5.20. The zero-order valence-electron chi connectivity index (χ0n) is 10.3. The SMILES string of the molecule is CC(NCc1ccc(F)cc1F)C(C)(C)C. The summed E-state index contributed by atoms with van der Waals surface area (Å²) >= 11 is 0. The molecule has 0 heterocycles. The Balaban J connectivity index is 2.62. The Morgan fingerprint density at radius 2 is 1.88 bits per heavy atom. The summed E-state index contributed by atoms with van der Waals surface area (Å²) in [4.78, 5) is 0. The highest BCUT2D eigenvalue weighted by Crippen LogP contribution is 2.19. The number of hydrogen-bond donors (Lipinski definition) is 1. The van der Waals surface area contributed by atoms with E-state index in [1.165, 1.54) is 12.1 Å². The van der Waals surface area contributed by atoms with Crippen molar-refractivity contribution in [2.45, 2.75) is 40.3 Å². The van der Waals surface area contributed by atoms with Crippen LogP contribution in [0.5, 0.6) is 0 Å². The van der Waals surface area contributed by atoms with E-state index in [0.29, 0.717) is 12.1 Å². The Hall–Kier alpha value is -0.960. The van der Waals surface area contributed by atoms with Gasteiger partial charge >= 0.3 is 0 Å². The molecule has 0 saturated carbocycles. The number of benzene rings is 1. The molecule has 0 radical (unpaired) electrons. The lowest BCUT2D eigenvalue weighted by molar-refractivity contribution is 0.284. The second kappa shape index (κ2) is 4.91. The summed E-state index contributed by atoms with van der Waals surface area (Å²) in [6.45, 7) is 8.83. The van der Waals surface area contributed by atoms with E-state index in [2.05, 4.69) is 33.0 Å². The number of rotatable bonds is 3. The predicted molar refractivity (Wildman–Crippen MR) is 62.1 cm³/mol. The van der Waals surface area contributed by atoms with E-state index in [1.807, 2.05) is 0 Å². The molecule has 0 aliphatic rings. The van der Waals surface area contributed by atoms with E-state index in [4.69, 9.17) is 0 Å². The first-order valence-electron chi connectivity index (χ1n) is 5.48. The molecule has 1 atom stereocenters. The van der Waals surface area contributed by atoms with Gasteiger partial charge in [0.15, 0.2) is 0 Å². The van der Waals surface area contributed by atoms with E-state index in [-0.39, 0.29) is 11.5 Å². The van der Waals surface area contributed by atoms with Gasteiger partial charge in [0.2, 0.25) is 0 Å². The molecule has 1 aromatic rings. The third-order valence-corrected chi connectivity index (χ3v) is 2.91. The van der Waals surface area contributed by atoms with Crippen molar-refractivity contribution in [3.63, 3.8) is 0 Å². The molecule has 1 N–H and O–H groups in total. The average Bonchev–Trinajstić information content (AvgIpc) is 2.14. The van der Waals surface area contributed by atoms with Gasteiger partial charge in [-0.25, -0.2) is 8.78 Å². The van der Waals surface area contributed by atoms with E-state index >= 15 is 0 Å². The van der Waals surface area contributed by atoms with Gasteiger partial charge in [0.1, 0.15) is 11.6 Å². The lowest BCUT2D eigenvalue weighted by Crippen LogP contribution is -2.37. The maximum absolute atomic E-state index is 13.3. The van der Waals surface area contributed by atoms with Gasteiger partial charge in [0.25, 0.3) is 0 Å². The van der Waals surface area contributed by atoms with Crippen LogP contribution in [0.2, 0.25) is 0 Å². The third-order valence-electron chi connectivity index (χ3n) is 2.91. The molecule has 1 rings (SSSR count). The van der Waals surface area contributed by atoms with Crippen molar-refractivity contribution in [3.05, 3.63) is 35.4 Å². The van der Waals surface area contributed by atoms with Crippen molar-refractivity contribution < 1.29 is 8.78 Å².